The van der Waals surface area contributed by atoms with Crippen LogP contribution in [0.25, 0.3) is 0 Å². The van der Waals surface area contributed by atoms with Gasteiger partial charge in [-0.05, 0) is 29.6 Å². The van der Waals surface area contributed by atoms with E-state index >= 15 is 0 Å². The van der Waals surface area contributed by atoms with Crippen molar-refractivity contribution in [2.45, 2.75) is 80.6 Å². The van der Waals surface area contributed by atoms with Gasteiger partial charge in [0.25, 0.3) is 0 Å². The van der Waals surface area contributed by atoms with Crippen molar-refractivity contribution < 1.29 is 0 Å². The Labute approximate surface area is 104 Å². The van der Waals surface area contributed by atoms with Gasteiger partial charge in [0, 0.05) is 0 Å². The van der Waals surface area contributed by atoms with Crippen LogP contribution in [0.3, 0.4) is 0 Å². The van der Waals surface area contributed by atoms with Crippen molar-refractivity contribution in [3.05, 3.63) is 0 Å². The summed E-state index contributed by atoms with van der Waals surface area (Å²) in [4.78, 5) is 0. The molecule has 0 radical (unpaired) electrons. The number of hydrogen-bond acceptors (Lipinski definition) is 0. The second kappa shape index (κ2) is 7.35. The van der Waals surface area contributed by atoms with E-state index < -0.39 is 0 Å². The zero-order chi connectivity index (χ0) is 12.8. The summed E-state index contributed by atoms with van der Waals surface area (Å²) < 4.78 is 0. The average molecular weight is 226 g/mol. The largest absolute Gasteiger partial charge is 0.0651 e. The predicted octanol–water partition coefficient (Wildman–Crippen LogP) is 5.91. The fraction of sp³-hybridized carbons (Fsp3) is 1.00. The fourth-order valence-electron chi connectivity index (χ4n) is 2.25. The van der Waals surface area contributed by atoms with E-state index in [0.717, 1.165) is 17.8 Å². The molecule has 0 bridgehead atoms. The van der Waals surface area contributed by atoms with Crippen molar-refractivity contribution >= 4 is 0 Å². The lowest BCUT2D eigenvalue weighted by Gasteiger charge is -2.32. The van der Waals surface area contributed by atoms with Gasteiger partial charge >= 0.3 is 0 Å². The van der Waals surface area contributed by atoms with Crippen molar-refractivity contribution in [1.82, 2.24) is 0 Å². The highest BCUT2D eigenvalue weighted by Gasteiger charge is 2.24. The average Bonchev–Trinajstić information content (AvgIpc) is 2.16. The van der Waals surface area contributed by atoms with Crippen LogP contribution in [0.5, 0.6) is 0 Å². The summed E-state index contributed by atoms with van der Waals surface area (Å²) in [5, 5.41) is 0. The minimum Gasteiger partial charge on any atom is -0.0651 e. The molecule has 0 fully saturated rings. The molecule has 16 heavy (non-hydrogen) atoms. The van der Waals surface area contributed by atoms with Crippen molar-refractivity contribution in [1.29, 1.82) is 0 Å². The number of rotatable bonds is 8. The van der Waals surface area contributed by atoms with Crippen molar-refractivity contribution in [3.63, 3.8) is 0 Å². The topological polar surface area (TPSA) is 0 Å². The Balaban J connectivity index is 3.78. The molecule has 0 rings (SSSR count). The first-order valence-electron chi connectivity index (χ1n) is 7.29. The molecule has 0 aliphatic heterocycles. The molecular formula is C16H34. The fourth-order valence-corrected chi connectivity index (χ4v) is 2.25. The summed E-state index contributed by atoms with van der Waals surface area (Å²) in [5.74, 6) is 2.61. The highest BCUT2D eigenvalue weighted by molar-refractivity contribution is 4.75. The Hall–Kier alpha value is 0. The minimum absolute atomic E-state index is 0.510. The SMILES string of the molecule is CCC(C)CCCC(C)CC(C)(C)C(C)C. The lowest BCUT2D eigenvalue weighted by molar-refractivity contribution is 0.186. The van der Waals surface area contributed by atoms with E-state index in [-0.39, 0.29) is 0 Å². The quantitative estimate of drug-likeness (QED) is 0.482. The van der Waals surface area contributed by atoms with E-state index in [1.54, 1.807) is 0 Å². The first-order valence-corrected chi connectivity index (χ1v) is 7.29. The molecule has 98 valence electrons. The summed E-state index contributed by atoms with van der Waals surface area (Å²) in [7, 11) is 0. The van der Waals surface area contributed by atoms with Crippen LogP contribution in [-0.4, -0.2) is 0 Å². The molecule has 0 spiro atoms. The summed E-state index contributed by atoms with van der Waals surface area (Å²) in [5.41, 5.74) is 0.510. The van der Waals surface area contributed by atoms with E-state index in [1.165, 1.54) is 32.1 Å². The maximum Gasteiger partial charge on any atom is -0.0329 e. The smallest absolute Gasteiger partial charge is 0.0329 e. The molecule has 0 saturated carbocycles. The molecule has 0 nitrogen and oxygen atoms in total. The van der Waals surface area contributed by atoms with Gasteiger partial charge in [0.2, 0.25) is 0 Å². The normalized spacial score (nSPS) is 16.5. The molecule has 0 aromatic heterocycles. The van der Waals surface area contributed by atoms with Gasteiger partial charge in [-0.1, -0.05) is 74.1 Å². The van der Waals surface area contributed by atoms with Gasteiger partial charge in [-0.15, -0.1) is 0 Å². The van der Waals surface area contributed by atoms with Crippen LogP contribution in [-0.2, 0) is 0 Å². The first kappa shape index (κ1) is 16.0. The zero-order valence-corrected chi connectivity index (χ0v) is 12.8. The Morgan fingerprint density at radius 1 is 0.875 bits per heavy atom. The van der Waals surface area contributed by atoms with Gasteiger partial charge in [-0.2, -0.15) is 0 Å². The van der Waals surface area contributed by atoms with Gasteiger partial charge in [0.05, 0.1) is 0 Å². The lowest BCUT2D eigenvalue weighted by Crippen LogP contribution is -2.22. The van der Waals surface area contributed by atoms with Crippen LogP contribution in [0.15, 0.2) is 0 Å². The highest BCUT2D eigenvalue weighted by Crippen LogP contribution is 2.35. The van der Waals surface area contributed by atoms with E-state index in [1.807, 2.05) is 0 Å². The minimum atomic E-state index is 0.510. The molecular weight excluding hydrogens is 192 g/mol. The van der Waals surface area contributed by atoms with E-state index in [0.29, 0.717) is 5.41 Å². The van der Waals surface area contributed by atoms with Crippen molar-refractivity contribution in [3.8, 4) is 0 Å². The molecule has 0 aromatic rings. The van der Waals surface area contributed by atoms with Gasteiger partial charge in [-0.25, -0.2) is 0 Å². The maximum absolute atomic E-state index is 2.43. The Bertz CT molecular complexity index is 167. The Morgan fingerprint density at radius 3 is 1.81 bits per heavy atom. The van der Waals surface area contributed by atoms with Crippen LogP contribution in [0.1, 0.15) is 80.6 Å². The standard InChI is InChI=1S/C16H34/c1-8-14(4)10-9-11-15(5)12-16(6,7)13(2)3/h13-15H,8-12H2,1-7H3. The summed E-state index contributed by atoms with van der Waals surface area (Å²) in [6, 6.07) is 0. The monoisotopic (exact) mass is 226 g/mol. The van der Waals surface area contributed by atoms with Crippen molar-refractivity contribution in [2.75, 3.05) is 0 Å². The second-order valence-electron chi connectivity index (χ2n) is 6.90. The molecule has 0 heteroatoms. The number of hydrogen-bond donors (Lipinski definition) is 0. The Kier molecular flexibility index (Phi) is 7.35. The molecule has 2 atom stereocenters. The molecule has 0 aliphatic carbocycles. The molecule has 0 amide bonds. The third-order valence-electron chi connectivity index (χ3n) is 4.53. The molecule has 2 unspecified atom stereocenters. The van der Waals surface area contributed by atoms with Gasteiger partial charge in [-0.3, -0.25) is 0 Å². The van der Waals surface area contributed by atoms with Crippen LogP contribution in [0.4, 0.5) is 0 Å². The first-order chi connectivity index (χ1) is 7.29. The van der Waals surface area contributed by atoms with Gasteiger partial charge in [0.1, 0.15) is 0 Å². The summed E-state index contributed by atoms with van der Waals surface area (Å²) >= 11 is 0. The highest BCUT2D eigenvalue weighted by atomic mass is 14.3. The van der Waals surface area contributed by atoms with E-state index in [9.17, 15) is 0 Å². The van der Waals surface area contributed by atoms with Crippen LogP contribution >= 0.6 is 0 Å². The predicted molar refractivity (Wildman–Crippen MR) is 75.7 cm³/mol. The third-order valence-corrected chi connectivity index (χ3v) is 4.53. The van der Waals surface area contributed by atoms with Crippen LogP contribution in [0, 0.1) is 23.2 Å². The zero-order valence-electron chi connectivity index (χ0n) is 12.8. The van der Waals surface area contributed by atoms with Crippen molar-refractivity contribution in [2.24, 2.45) is 23.2 Å². The summed E-state index contributed by atoms with van der Waals surface area (Å²) in [6.07, 6.45) is 6.98. The van der Waals surface area contributed by atoms with Gasteiger partial charge < -0.3 is 0 Å². The molecule has 0 saturated heterocycles. The summed E-state index contributed by atoms with van der Waals surface area (Å²) in [6.45, 7) is 16.7. The van der Waals surface area contributed by atoms with Crippen LogP contribution in [0.2, 0.25) is 0 Å². The maximum atomic E-state index is 2.43. The lowest BCUT2D eigenvalue weighted by atomic mass is 9.74. The van der Waals surface area contributed by atoms with E-state index in [2.05, 4.69) is 48.5 Å². The second-order valence-corrected chi connectivity index (χ2v) is 6.90. The third kappa shape index (κ3) is 6.55. The molecule has 0 aromatic carbocycles. The molecule has 0 heterocycles. The molecule has 0 N–H and O–H groups in total. The molecule has 0 aliphatic rings. The van der Waals surface area contributed by atoms with Gasteiger partial charge in [0.15, 0.2) is 0 Å². The van der Waals surface area contributed by atoms with E-state index in [4.69, 9.17) is 0 Å². The van der Waals surface area contributed by atoms with Crippen LogP contribution < -0.4 is 0 Å². The Morgan fingerprint density at radius 2 is 1.38 bits per heavy atom.